The fourth-order valence-electron chi connectivity index (χ4n) is 2.24. The van der Waals surface area contributed by atoms with Gasteiger partial charge in [-0.2, -0.15) is 0 Å². The summed E-state index contributed by atoms with van der Waals surface area (Å²) in [5.41, 5.74) is 1.30. The Bertz CT molecular complexity index is 931. The van der Waals surface area contributed by atoms with Crippen molar-refractivity contribution in [2.45, 2.75) is 0 Å². The lowest BCUT2D eigenvalue weighted by Gasteiger charge is -2.03. The molecule has 0 radical (unpaired) electrons. The molecule has 0 aliphatic carbocycles. The summed E-state index contributed by atoms with van der Waals surface area (Å²) in [4.78, 5) is 17.0. The van der Waals surface area contributed by atoms with E-state index >= 15 is 0 Å². The second-order valence-corrected chi connectivity index (χ2v) is 5.97. The molecule has 0 saturated heterocycles. The minimum Gasteiger partial charge on any atom is -0.454 e. The molecule has 3 aromatic rings. The molecule has 23 heavy (non-hydrogen) atoms. The highest BCUT2D eigenvalue weighted by Crippen LogP contribution is 2.34. The average molecular weight is 348 g/mol. The first-order valence-electron chi connectivity index (χ1n) is 6.70. The van der Waals surface area contributed by atoms with Crippen molar-refractivity contribution in [3.05, 3.63) is 46.7 Å². The van der Waals surface area contributed by atoms with Crippen molar-refractivity contribution in [2.24, 2.45) is 0 Å². The van der Waals surface area contributed by atoms with Crippen molar-refractivity contribution in [1.82, 2.24) is 9.38 Å². The number of hydrogen-bond donors (Lipinski definition) is 1. The Morgan fingerprint density at radius 3 is 3.17 bits per heavy atom. The summed E-state index contributed by atoms with van der Waals surface area (Å²) in [6, 6.07) is 5.23. The number of hydrogen-bond acceptors (Lipinski definition) is 5. The highest BCUT2D eigenvalue weighted by atomic mass is 35.5. The van der Waals surface area contributed by atoms with Gasteiger partial charge in [-0.3, -0.25) is 9.20 Å². The van der Waals surface area contributed by atoms with Crippen LogP contribution in [0, 0.1) is 0 Å². The van der Waals surface area contributed by atoms with Gasteiger partial charge in [0.25, 0.3) is 0 Å². The van der Waals surface area contributed by atoms with Crippen molar-refractivity contribution < 1.29 is 14.3 Å². The normalized spacial score (nSPS) is 13.1. The third-order valence-electron chi connectivity index (χ3n) is 3.29. The van der Waals surface area contributed by atoms with E-state index in [2.05, 4.69) is 10.3 Å². The van der Waals surface area contributed by atoms with Crippen molar-refractivity contribution in [2.75, 3.05) is 12.1 Å². The summed E-state index contributed by atoms with van der Waals surface area (Å²) in [5.74, 6) is 1.01. The number of amides is 1. The van der Waals surface area contributed by atoms with Gasteiger partial charge in [0, 0.05) is 29.4 Å². The maximum absolute atomic E-state index is 12.1. The molecule has 8 heteroatoms. The van der Waals surface area contributed by atoms with Crippen LogP contribution in [0.3, 0.4) is 0 Å². The maximum Gasteiger partial charge on any atom is 0.248 e. The number of imidazole rings is 1. The van der Waals surface area contributed by atoms with E-state index < -0.39 is 0 Å². The van der Waals surface area contributed by atoms with E-state index in [1.165, 1.54) is 17.4 Å². The highest BCUT2D eigenvalue weighted by Gasteiger charge is 2.14. The Labute approximate surface area is 139 Å². The largest absolute Gasteiger partial charge is 0.454 e. The molecule has 0 fully saturated rings. The lowest BCUT2D eigenvalue weighted by molar-refractivity contribution is -0.111. The third-order valence-corrected chi connectivity index (χ3v) is 4.32. The molecule has 1 aromatic carbocycles. The van der Waals surface area contributed by atoms with Crippen LogP contribution in [-0.2, 0) is 4.79 Å². The summed E-state index contributed by atoms with van der Waals surface area (Å²) in [6.45, 7) is 0.197. The zero-order valence-corrected chi connectivity index (χ0v) is 13.2. The number of anilines is 1. The molecule has 4 rings (SSSR count). The van der Waals surface area contributed by atoms with Crippen LogP contribution in [0.15, 0.2) is 35.9 Å². The summed E-state index contributed by atoms with van der Waals surface area (Å²) >= 11 is 7.56. The number of fused-ring (bicyclic) bond motifs is 2. The number of halogens is 1. The number of carbonyl (C=O) groups excluding carboxylic acids is 1. The number of nitrogens with zero attached hydrogens (tertiary/aromatic N) is 2. The minimum atomic E-state index is -0.273. The standard InChI is InChI=1S/C15H10ClN3O3S/c16-14-10(19-5-6-23-15(19)18-14)2-4-13(20)17-9-1-3-11-12(7-9)22-8-21-11/h1-7H,8H2,(H,17,20). The first-order valence-corrected chi connectivity index (χ1v) is 7.96. The van der Waals surface area contributed by atoms with Crippen molar-refractivity contribution in [3.63, 3.8) is 0 Å². The van der Waals surface area contributed by atoms with Crippen LogP contribution in [0.5, 0.6) is 11.5 Å². The average Bonchev–Trinajstić information content (AvgIpc) is 3.21. The lowest BCUT2D eigenvalue weighted by Crippen LogP contribution is -2.07. The van der Waals surface area contributed by atoms with E-state index in [-0.39, 0.29) is 12.7 Å². The second-order valence-electron chi connectivity index (χ2n) is 4.73. The number of nitrogens with one attached hydrogen (secondary N) is 1. The predicted octanol–water partition coefficient (Wildman–Crippen LogP) is 3.43. The van der Waals surface area contributed by atoms with Crippen LogP contribution in [0.4, 0.5) is 5.69 Å². The number of rotatable bonds is 3. The van der Waals surface area contributed by atoms with Gasteiger partial charge in [-0.15, -0.1) is 11.3 Å². The van der Waals surface area contributed by atoms with E-state index in [1.807, 2.05) is 16.0 Å². The zero-order valence-electron chi connectivity index (χ0n) is 11.7. The highest BCUT2D eigenvalue weighted by molar-refractivity contribution is 7.15. The van der Waals surface area contributed by atoms with E-state index in [9.17, 15) is 4.79 Å². The summed E-state index contributed by atoms with van der Waals surface area (Å²) in [5, 5.41) is 5.03. The summed E-state index contributed by atoms with van der Waals surface area (Å²) < 4.78 is 12.3. The lowest BCUT2D eigenvalue weighted by atomic mass is 10.2. The minimum absolute atomic E-state index is 0.197. The van der Waals surface area contributed by atoms with Crippen LogP contribution in [0.1, 0.15) is 5.69 Å². The zero-order chi connectivity index (χ0) is 15.8. The third kappa shape index (κ3) is 2.64. The molecule has 0 unspecified atom stereocenters. The molecule has 2 aromatic heterocycles. The topological polar surface area (TPSA) is 64.9 Å². The van der Waals surface area contributed by atoms with Gasteiger partial charge < -0.3 is 14.8 Å². The first-order chi connectivity index (χ1) is 11.2. The van der Waals surface area contributed by atoms with Crippen LogP contribution < -0.4 is 14.8 Å². The van der Waals surface area contributed by atoms with Gasteiger partial charge in [0.15, 0.2) is 21.6 Å². The molecule has 1 aliphatic rings. The van der Waals surface area contributed by atoms with Gasteiger partial charge in [0.05, 0.1) is 5.69 Å². The molecule has 0 saturated carbocycles. The Morgan fingerprint density at radius 1 is 1.39 bits per heavy atom. The van der Waals surface area contributed by atoms with Gasteiger partial charge in [-0.25, -0.2) is 4.98 Å². The van der Waals surface area contributed by atoms with Gasteiger partial charge >= 0.3 is 0 Å². The van der Waals surface area contributed by atoms with Crippen LogP contribution in [0.25, 0.3) is 11.0 Å². The Balaban J connectivity index is 1.51. The smallest absolute Gasteiger partial charge is 0.248 e. The van der Waals surface area contributed by atoms with Gasteiger partial charge in [0.1, 0.15) is 0 Å². The van der Waals surface area contributed by atoms with Crippen LogP contribution in [0.2, 0.25) is 5.15 Å². The molecule has 0 spiro atoms. The molecule has 1 amide bonds. The SMILES string of the molecule is O=C(C=Cc1c(Cl)nc2sccn12)Nc1ccc2c(c1)OCO2. The van der Waals surface area contributed by atoms with Gasteiger partial charge in [0.2, 0.25) is 12.7 Å². The van der Waals surface area contributed by atoms with E-state index in [4.69, 9.17) is 21.1 Å². The van der Waals surface area contributed by atoms with Crippen LogP contribution >= 0.6 is 22.9 Å². The van der Waals surface area contributed by atoms with Crippen molar-refractivity contribution >= 4 is 45.6 Å². The molecular weight excluding hydrogens is 338 g/mol. The van der Waals surface area contributed by atoms with Gasteiger partial charge in [-0.05, 0) is 18.2 Å². The monoisotopic (exact) mass is 347 g/mol. The number of carbonyl (C=O) groups is 1. The number of benzene rings is 1. The first kappa shape index (κ1) is 14.1. The Hall–Kier alpha value is -2.51. The molecular formula is C15H10ClN3O3S. The second kappa shape index (κ2) is 5.60. The molecule has 116 valence electrons. The van der Waals surface area contributed by atoms with Crippen molar-refractivity contribution in [1.29, 1.82) is 0 Å². The van der Waals surface area contributed by atoms with E-state index in [1.54, 1.807) is 24.3 Å². The van der Waals surface area contributed by atoms with E-state index in [0.29, 0.717) is 28.0 Å². The number of aromatic nitrogens is 2. The summed E-state index contributed by atoms with van der Waals surface area (Å²) in [7, 11) is 0. The van der Waals surface area contributed by atoms with Crippen molar-refractivity contribution in [3.8, 4) is 11.5 Å². The summed E-state index contributed by atoms with van der Waals surface area (Å²) in [6.07, 6.45) is 4.91. The van der Waals surface area contributed by atoms with E-state index in [0.717, 1.165) is 4.96 Å². The molecule has 1 aliphatic heterocycles. The molecule has 1 N–H and O–H groups in total. The quantitative estimate of drug-likeness (QED) is 0.737. The fourth-order valence-corrected chi connectivity index (χ4v) is 3.24. The number of ether oxygens (including phenoxy) is 2. The maximum atomic E-state index is 12.1. The molecule has 3 heterocycles. The van der Waals surface area contributed by atoms with Crippen LogP contribution in [-0.4, -0.2) is 22.1 Å². The fraction of sp³-hybridized carbons (Fsp3) is 0.0667. The predicted molar refractivity (Wildman–Crippen MR) is 88.3 cm³/mol. The molecule has 0 atom stereocenters. The Morgan fingerprint density at radius 2 is 2.26 bits per heavy atom. The Kier molecular flexibility index (Phi) is 3.44. The number of thiazole rings is 1. The van der Waals surface area contributed by atoms with Gasteiger partial charge in [-0.1, -0.05) is 11.6 Å². The molecule has 0 bridgehead atoms. The molecule has 6 nitrogen and oxygen atoms in total.